The zero-order valence-corrected chi connectivity index (χ0v) is 13.7. The minimum atomic E-state index is -3.70. The van der Waals surface area contributed by atoms with Gasteiger partial charge in [0.05, 0.1) is 4.90 Å². The van der Waals surface area contributed by atoms with E-state index in [1.807, 2.05) is 0 Å². The number of carbonyl (C=O) groups is 1. The summed E-state index contributed by atoms with van der Waals surface area (Å²) in [5.74, 6) is -0.242. The molecule has 8 heteroatoms. The summed E-state index contributed by atoms with van der Waals surface area (Å²) in [6.45, 7) is -0.262. The molecule has 2 rings (SSSR count). The Morgan fingerprint density at radius 2 is 1.86 bits per heavy atom. The lowest BCUT2D eigenvalue weighted by Gasteiger charge is -2.09. The Morgan fingerprint density at radius 3 is 2.45 bits per heavy atom. The number of ether oxygens (including phenoxy) is 1. The van der Waals surface area contributed by atoms with Gasteiger partial charge in [-0.05, 0) is 42.5 Å². The number of halogens is 1. The van der Waals surface area contributed by atoms with E-state index >= 15 is 0 Å². The molecule has 22 heavy (non-hydrogen) atoms. The van der Waals surface area contributed by atoms with E-state index in [1.54, 1.807) is 24.3 Å². The summed E-state index contributed by atoms with van der Waals surface area (Å²) in [7, 11) is -3.70. The number of carbonyl (C=O) groups excluding carboxylic acids is 1. The Labute approximate surface area is 136 Å². The van der Waals surface area contributed by atoms with Crippen molar-refractivity contribution < 1.29 is 17.9 Å². The molecular weight excluding hydrogens is 372 g/mol. The third-order valence-corrected chi connectivity index (χ3v) is 4.48. The summed E-state index contributed by atoms with van der Waals surface area (Å²) in [6, 6.07) is 12.5. The van der Waals surface area contributed by atoms with E-state index in [0.717, 1.165) is 4.47 Å². The van der Waals surface area contributed by atoms with Crippen molar-refractivity contribution in [3.05, 3.63) is 53.0 Å². The van der Waals surface area contributed by atoms with Crippen LogP contribution in [0.5, 0.6) is 5.75 Å². The van der Waals surface area contributed by atoms with Crippen LogP contribution in [-0.4, -0.2) is 20.9 Å². The summed E-state index contributed by atoms with van der Waals surface area (Å²) >= 11 is 3.28. The van der Waals surface area contributed by atoms with Gasteiger partial charge in [-0.1, -0.05) is 22.0 Å². The summed E-state index contributed by atoms with van der Waals surface area (Å²) in [4.78, 5) is 10.7. The van der Waals surface area contributed by atoms with Crippen molar-refractivity contribution in [2.75, 3.05) is 11.3 Å². The van der Waals surface area contributed by atoms with Crippen molar-refractivity contribution in [2.45, 2.75) is 4.90 Å². The van der Waals surface area contributed by atoms with Crippen LogP contribution in [0.1, 0.15) is 0 Å². The van der Waals surface area contributed by atoms with E-state index < -0.39 is 15.9 Å². The molecule has 0 heterocycles. The van der Waals surface area contributed by atoms with E-state index in [-0.39, 0.29) is 11.5 Å². The van der Waals surface area contributed by atoms with Crippen LogP contribution in [0, 0.1) is 0 Å². The Morgan fingerprint density at radius 1 is 1.18 bits per heavy atom. The van der Waals surface area contributed by atoms with Gasteiger partial charge in [0.1, 0.15) is 5.75 Å². The van der Waals surface area contributed by atoms with Crippen LogP contribution < -0.4 is 15.2 Å². The molecule has 0 aliphatic rings. The summed E-state index contributed by atoms with van der Waals surface area (Å²) in [6.07, 6.45) is 0. The molecule has 0 bridgehead atoms. The lowest BCUT2D eigenvalue weighted by molar-refractivity contribution is -0.119. The first-order chi connectivity index (χ1) is 10.4. The van der Waals surface area contributed by atoms with E-state index in [2.05, 4.69) is 20.7 Å². The highest BCUT2D eigenvalue weighted by molar-refractivity contribution is 9.10. The predicted molar refractivity (Wildman–Crippen MR) is 86.1 cm³/mol. The maximum Gasteiger partial charge on any atom is 0.261 e. The van der Waals surface area contributed by atoms with Crippen LogP contribution in [0.2, 0.25) is 0 Å². The van der Waals surface area contributed by atoms with Crippen LogP contribution in [0.15, 0.2) is 57.9 Å². The van der Waals surface area contributed by atoms with Gasteiger partial charge >= 0.3 is 0 Å². The molecule has 0 aromatic heterocycles. The Balaban J connectivity index is 2.14. The van der Waals surface area contributed by atoms with E-state index in [9.17, 15) is 13.2 Å². The predicted octanol–water partition coefficient (Wildman–Crippen LogP) is 2.11. The molecule has 116 valence electrons. The number of rotatable bonds is 6. The molecule has 0 aliphatic carbocycles. The summed E-state index contributed by atoms with van der Waals surface area (Å²) in [5.41, 5.74) is 5.41. The van der Waals surface area contributed by atoms with Crippen molar-refractivity contribution in [3.8, 4) is 5.75 Å². The second-order valence-corrected chi connectivity index (χ2v) is 6.94. The number of benzene rings is 2. The Bertz CT molecular complexity index is 776. The maximum absolute atomic E-state index is 12.2. The lowest BCUT2D eigenvalue weighted by Crippen LogP contribution is -2.20. The van der Waals surface area contributed by atoms with E-state index in [0.29, 0.717) is 11.4 Å². The quantitative estimate of drug-likeness (QED) is 0.796. The normalized spacial score (nSPS) is 11.0. The number of nitrogens with one attached hydrogen (secondary N) is 1. The van der Waals surface area contributed by atoms with Gasteiger partial charge in [-0.15, -0.1) is 0 Å². The lowest BCUT2D eigenvalue weighted by atomic mass is 10.3. The summed E-state index contributed by atoms with van der Waals surface area (Å²) < 4.78 is 32.8. The minimum absolute atomic E-state index is 0.0823. The number of sulfonamides is 1. The first kappa shape index (κ1) is 16.3. The molecule has 0 spiro atoms. The Hall–Kier alpha value is -2.06. The number of hydrogen-bond donors (Lipinski definition) is 2. The van der Waals surface area contributed by atoms with Crippen LogP contribution in [0.25, 0.3) is 0 Å². The first-order valence-electron chi connectivity index (χ1n) is 6.16. The number of nitrogens with two attached hydrogens (primary N) is 1. The summed E-state index contributed by atoms with van der Waals surface area (Å²) in [5, 5.41) is 0. The van der Waals surface area contributed by atoms with Crippen molar-refractivity contribution in [1.82, 2.24) is 0 Å². The molecule has 2 aromatic carbocycles. The van der Waals surface area contributed by atoms with Gasteiger partial charge in [-0.3, -0.25) is 9.52 Å². The average Bonchev–Trinajstić information content (AvgIpc) is 2.45. The van der Waals surface area contributed by atoms with Crippen molar-refractivity contribution in [1.29, 1.82) is 0 Å². The maximum atomic E-state index is 12.2. The molecule has 0 fully saturated rings. The fourth-order valence-corrected chi connectivity index (χ4v) is 3.08. The molecule has 3 N–H and O–H groups in total. The van der Waals surface area contributed by atoms with Gasteiger partial charge < -0.3 is 10.5 Å². The minimum Gasteiger partial charge on any atom is -0.484 e. The standard InChI is InChI=1S/C14H13BrN2O4S/c15-10-2-1-3-11(8-10)17-22(19,20)13-6-4-12(5-7-13)21-9-14(16)18/h1-8,17H,9H2,(H2,16,18). The second kappa shape index (κ2) is 6.80. The molecular formula is C14H13BrN2O4S. The van der Waals surface area contributed by atoms with Crippen LogP contribution in [0.3, 0.4) is 0 Å². The van der Waals surface area contributed by atoms with Crippen LogP contribution >= 0.6 is 15.9 Å². The van der Waals surface area contributed by atoms with Crippen LogP contribution in [-0.2, 0) is 14.8 Å². The monoisotopic (exact) mass is 384 g/mol. The highest BCUT2D eigenvalue weighted by atomic mass is 79.9. The van der Waals surface area contributed by atoms with Crippen molar-refractivity contribution in [2.24, 2.45) is 5.73 Å². The smallest absolute Gasteiger partial charge is 0.261 e. The largest absolute Gasteiger partial charge is 0.484 e. The molecule has 0 radical (unpaired) electrons. The van der Waals surface area contributed by atoms with Gasteiger partial charge in [-0.25, -0.2) is 8.42 Å². The number of hydrogen-bond acceptors (Lipinski definition) is 4. The number of anilines is 1. The van der Waals surface area contributed by atoms with Gasteiger partial charge in [0.25, 0.3) is 15.9 Å². The highest BCUT2D eigenvalue weighted by Gasteiger charge is 2.14. The number of primary amides is 1. The molecule has 2 aromatic rings. The molecule has 6 nitrogen and oxygen atoms in total. The van der Waals surface area contributed by atoms with Gasteiger partial charge in [0, 0.05) is 10.2 Å². The van der Waals surface area contributed by atoms with Gasteiger partial charge in [0.15, 0.2) is 6.61 Å². The van der Waals surface area contributed by atoms with Crippen LogP contribution in [0.4, 0.5) is 5.69 Å². The third-order valence-electron chi connectivity index (χ3n) is 2.59. The van der Waals surface area contributed by atoms with Gasteiger partial charge in [0.2, 0.25) is 0 Å². The zero-order chi connectivity index (χ0) is 16.2. The van der Waals surface area contributed by atoms with Crippen molar-refractivity contribution >= 4 is 37.5 Å². The molecule has 0 saturated heterocycles. The van der Waals surface area contributed by atoms with E-state index in [4.69, 9.17) is 10.5 Å². The Kier molecular flexibility index (Phi) is 5.04. The molecule has 1 amide bonds. The molecule has 0 saturated carbocycles. The fraction of sp³-hybridized carbons (Fsp3) is 0.0714. The van der Waals surface area contributed by atoms with Crippen molar-refractivity contribution in [3.63, 3.8) is 0 Å². The molecule has 0 unspecified atom stereocenters. The SMILES string of the molecule is NC(=O)COc1ccc(S(=O)(=O)Nc2cccc(Br)c2)cc1. The van der Waals surface area contributed by atoms with E-state index in [1.165, 1.54) is 24.3 Å². The third kappa shape index (κ3) is 4.47. The fourth-order valence-electron chi connectivity index (χ4n) is 1.64. The zero-order valence-electron chi connectivity index (χ0n) is 11.3. The topological polar surface area (TPSA) is 98.5 Å². The highest BCUT2D eigenvalue weighted by Crippen LogP contribution is 2.21. The first-order valence-corrected chi connectivity index (χ1v) is 8.44. The van der Waals surface area contributed by atoms with Gasteiger partial charge in [-0.2, -0.15) is 0 Å². The molecule has 0 atom stereocenters. The molecule has 0 aliphatic heterocycles. The average molecular weight is 385 g/mol. The second-order valence-electron chi connectivity index (χ2n) is 4.34. The number of amides is 1.